The molecule has 4 N–H and O–H groups in total. The van der Waals surface area contributed by atoms with Crippen molar-refractivity contribution in [3.8, 4) is 0 Å². The minimum absolute atomic E-state index is 0. The second kappa shape index (κ2) is 10.2. The Morgan fingerprint density at radius 3 is 2.30 bits per heavy atom. The van der Waals surface area contributed by atoms with E-state index >= 15 is 0 Å². The highest BCUT2D eigenvalue weighted by molar-refractivity contribution is 5.85. The Balaban J connectivity index is 0.00000180. The average molecular weight is 331 g/mol. The first kappa shape index (κ1) is 20.4. The van der Waals surface area contributed by atoms with Crippen molar-refractivity contribution in [2.24, 2.45) is 0 Å². The molecule has 1 saturated carbocycles. The van der Waals surface area contributed by atoms with E-state index in [1.165, 1.54) is 32.1 Å². The predicted octanol–water partition coefficient (Wildman–Crippen LogP) is 0.461. The fraction of sp³-hybridized carbons (Fsp3) is 1.00. The standard InChI is InChI=1S/C13H26N2O3.2ClH/c1-14-12-10(18-11(8-16)13(12)17)7-15-9-5-3-2-4-6-9;;/h9-17H,2-8H2,1H3;2*1H/t10-,11+,12+,13-;;/m1../s1. The second-order valence-corrected chi connectivity index (χ2v) is 5.44. The van der Waals surface area contributed by atoms with Gasteiger partial charge in [-0.3, -0.25) is 0 Å². The molecule has 20 heavy (non-hydrogen) atoms. The minimum atomic E-state index is -0.627. The third-order valence-electron chi connectivity index (χ3n) is 4.23. The Labute approximate surface area is 133 Å². The molecule has 0 amide bonds. The largest absolute Gasteiger partial charge is 0.394 e. The summed E-state index contributed by atoms with van der Waals surface area (Å²) >= 11 is 0. The molecule has 2 rings (SSSR count). The molecule has 0 spiro atoms. The molecule has 0 bridgehead atoms. The number of halogens is 2. The molecule has 2 fully saturated rings. The maximum atomic E-state index is 9.98. The van der Waals surface area contributed by atoms with Crippen LogP contribution in [0.5, 0.6) is 0 Å². The lowest BCUT2D eigenvalue weighted by atomic mass is 9.95. The van der Waals surface area contributed by atoms with Crippen molar-refractivity contribution in [2.45, 2.75) is 62.5 Å². The zero-order valence-electron chi connectivity index (χ0n) is 12.0. The van der Waals surface area contributed by atoms with Crippen LogP contribution in [0.1, 0.15) is 32.1 Å². The minimum Gasteiger partial charge on any atom is -0.394 e. The van der Waals surface area contributed by atoms with Crippen LogP contribution in [-0.4, -0.2) is 60.8 Å². The molecule has 0 aromatic carbocycles. The summed E-state index contributed by atoms with van der Waals surface area (Å²) in [6.45, 7) is 0.614. The van der Waals surface area contributed by atoms with Crippen molar-refractivity contribution in [1.82, 2.24) is 10.6 Å². The Morgan fingerprint density at radius 2 is 1.75 bits per heavy atom. The summed E-state index contributed by atoms with van der Waals surface area (Å²) in [6, 6.07) is 0.489. The molecular weight excluding hydrogens is 303 g/mol. The molecule has 0 aromatic rings. The summed E-state index contributed by atoms with van der Waals surface area (Å²) in [4.78, 5) is 0. The van der Waals surface area contributed by atoms with E-state index in [-0.39, 0.29) is 43.6 Å². The van der Waals surface area contributed by atoms with Crippen LogP contribution < -0.4 is 10.6 Å². The zero-order valence-corrected chi connectivity index (χ0v) is 13.6. The van der Waals surface area contributed by atoms with Gasteiger partial charge in [0.15, 0.2) is 0 Å². The van der Waals surface area contributed by atoms with Crippen molar-refractivity contribution in [3.05, 3.63) is 0 Å². The summed E-state index contributed by atoms with van der Waals surface area (Å²) in [5.41, 5.74) is 0. The lowest BCUT2D eigenvalue weighted by Crippen LogP contribution is -2.48. The van der Waals surface area contributed by atoms with Gasteiger partial charge in [-0.1, -0.05) is 19.3 Å². The molecule has 0 radical (unpaired) electrons. The van der Waals surface area contributed by atoms with Gasteiger partial charge < -0.3 is 25.6 Å². The lowest BCUT2D eigenvalue weighted by Gasteiger charge is -2.26. The molecule has 4 atom stereocenters. The second-order valence-electron chi connectivity index (χ2n) is 5.44. The van der Waals surface area contributed by atoms with Crippen LogP contribution in [0.4, 0.5) is 0 Å². The normalized spacial score (nSPS) is 34.4. The maximum absolute atomic E-state index is 9.98. The van der Waals surface area contributed by atoms with Gasteiger partial charge in [0.2, 0.25) is 0 Å². The number of hydrogen-bond acceptors (Lipinski definition) is 5. The summed E-state index contributed by atoms with van der Waals surface area (Å²) in [7, 11) is 1.82. The third kappa shape index (κ3) is 4.98. The molecule has 0 unspecified atom stereocenters. The Bertz CT molecular complexity index is 256. The zero-order chi connectivity index (χ0) is 13.0. The van der Waals surface area contributed by atoms with Crippen LogP contribution in [0.15, 0.2) is 0 Å². The van der Waals surface area contributed by atoms with Crippen LogP contribution in [0.25, 0.3) is 0 Å². The van der Waals surface area contributed by atoms with E-state index < -0.39 is 12.2 Å². The number of ether oxygens (including phenoxy) is 1. The van der Waals surface area contributed by atoms with E-state index in [2.05, 4.69) is 10.6 Å². The smallest absolute Gasteiger partial charge is 0.108 e. The van der Waals surface area contributed by atoms with Crippen LogP contribution in [0.3, 0.4) is 0 Å². The molecule has 5 nitrogen and oxygen atoms in total. The van der Waals surface area contributed by atoms with E-state index in [4.69, 9.17) is 9.84 Å². The van der Waals surface area contributed by atoms with Gasteiger partial charge in [0.1, 0.15) is 12.2 Å². The van der Waals surface area contributed by atoms with Crippen LogP contribution in [0, 0.1) is 0 Å². The van der Waals surface area contributed by atoms with Gasteiger partial charge >= 0.3 is 0 Å². The lowest BCUT2D eigenvalue weighted by molar-refractivity contribution is -0.0219. The molecule has 122 valence electrons. The van der Waals surface area contributed by atoms with E-state index in [9.17, 15) is 5.11 Å². The molecule has 1 saturated heterocycles. The fourth-order valence-corrected chi connectivity index (χ4v) is 3.11. The van der Waals surface area contributed by atoms with Gasteiger partial charge in [-0.15, -0.1) is 24.8 Å². The van der Waals surface area contributed by atoms with E-state index in [1.807, 2.05) is 7.05 Å². The summed E-state index contributed by atoms with van der Waals surface area (Å²) < 4.78 is 5.69. The van der Waals surface area contributed by atoms with E-state index in [0.717, 1.165) is 6.54 Å². The first-order chi connectivity index (χ1) is 8.76. The van der Waals surface area contributed by atoms with Gasteiger partial charge in [-0.05, 0) is 19.9 Å². The average Bonchev–Trinajstić information content (AvgIpc) is 2.73. The Hall–Kier alpha value is 0.380. The third-order valence-corrected chi connectivity index (χ3v) is 4.23. The van der Waals surface area contributed by atoms with Crippen LogP contribution in [-0.2, 0) is 4.74 Å². The van der Waals surface area contributed by atoms with Crippen molar-refractivity contribution in [2.75, 3.05) is 20.2 Å². The maximum Gasteiger partial charge on any atom is 0.108 e. The van der Waals surface area contributed by atoms with Crippen LogP contribution in [0.2, 0.25) is 0 Å². The molecule has 1 aliphatic heterocycles. The number of aliphatic hydroxyl groups excluding tert-OH is 2. The number of aliphatic hydroxyl groups is 2. The van der Waals surface area contributed by atoms with E-state index in [1.54, 1.807) is 0 Å². The monoisotopic (exact) mass is 330 g/mol. The Morgan fingerprint density at radius 1 is 1.10 bits per heavy atom. The van der Waals surface area contributed by atoms with Crippen LogP contribution >= 0.6 is 24.8 Å². The fourth-order valence-electron chi connectivity index (χ4n) is 3.11. The molecular formula is C13H28Cl2N2O3. The number of rotatable bonds is 5. The van der Waals surface area contributed by atoms with Crippen molar-refractivity contribution < 1.29 is 14.9 Å². The highest BCUT2D eigenvalue weighted by Gasteiger charge is 2.42. The molecule has 2 aliphatic rings. The van der Waals surface area contributed by atoms with Gasteiger partial charge in [-0.2, -0.15) is 0 Å². The van der Waals surface area contributed by atoms with Gasteiger partial charge in [0.25, 0.3) is 0 Å². The first-order valence-corrected chi connectivity index (χ1v) is 7.11. The van der Waals surface area contributed by atoms with Gasteiger partial charge in [0.05, 0.1) is 18.8 Å². The highest BCUT2D eigenvalue weighted by Crippen LogP contribution is 2.22. The molecule has 1 heterocycles. The molecule has 7 heteroatoms. The quantitative estimate of drug-likeness (QED) is 0.589. The van der Waals surface area contributed by atoms with Crippen molar-refractivity contribution in [1.29, 1.82) is 0 Å². The summed E-state index contributed by atoms with van der Waals surface area (Å²) in [5, 5.41) is 25.8. The number of hydrogen-bond donors (Lipinski definition) is 4. The molecule has 0 aromatic heterocycles. The Kier molecular flexibility index (Phi) is 10.4. The van der Waals surface area contributed by atoms with Crippen molar-refractivity contribution in [3.63, 3.8) is 0 Å². The highest BCUT2D eigenvalue weighted by atomic mass is 35.5. The SMILES string of the molecule is CN[C@@H]1[C@H](O)[C@H](CO)O[C@@H]1CNC1CCCCC1.Cl.Cl. The van der Waals surface area contributed by atoms with Gasteiger partial charge in [0, 0.05) is 12.6 Å². The first-order valence-electron chi connectivity index (χ1n) is 7.11. The van der Waals surface area contributed by atoms with Gasteiger partial charge in [-0.25, -0.2) is 0 Å². The number of likely N-dealkylation sites (N-methyl/N-ethyl adjacent to an activating group) is 1. The summed E-state index contributed by atoms with van der Waals surface area (Å²) in [6.07, 6.45) is 5.29. The summed E-state index contributed by atoms with van der Waals surface area (Å²) in [5.74, 6) is 0. The van der Waals surface area contributed by atoms with Crippen molar-refractivity contribution >= 4 is 24.8 Å². The predicted molar refractivity (Wildman–Crippen MR) is 84.0 cm³/mol. The molecule has 1 aliphatic carbocycles. The number of nitrogens with one attached hydrogen (secondary N) is 2. The topological polar surface area (TPSA) is 73.8 Å². The van der Waals surface area contributed by atoms with E-state index in [0.29, 0.717) is 6.04 Å².